The first-order chi connectivity index (χ1) is 5.82. The van der Waals surface area contributed by atoms with Gasteiger partial charge >= 0.3 is 17.9 Å². The third-order valence-corrected chi connectivity index (χ3v) is 0.641. The average molecular weight is 196 g/mol. The van der Waals surface area contributed by atoms with E-state index >= 15 is 0 Å². The van der Waals surface area contributed by atoms with Gasteiger partial charge in [-0.15, -0.1) is 0 Å². The van der Waals surface area contributed by atoms with Gasteiger partial charge in [0, 0.05) is 0 Å². The maximum atomic E-state index is 9.52. The molecule has 0 rings (SSSR count). The van der Waals surface area contributed by atoms with Gasteiger partial charge in [0.15, 0.2) is 6.10 Å². The molecule has 8 nitrogen and oxygen atoms in total. The highest BCUT2D eigenvalue weighted by atomic mass is 16.4. The van der Waals surface area contributed by atoms with Gasteiger partial charge in [-0.25, -0.2) is 14.4 Å². The SMILES string of the molecule is O=C(O)C(=O)O.O=C(O)C(O)CO. The monoisotopic (exact) mass is 196 g/mol. The molecule has 1 atom stereocenters. The van der Waals surface area contributed by atoms with E-state index in [4.69, 9.17) is 35.1 Å². The van der Waals surface area contributed by atoms with Crippen molar-refractivity contribution in [1.82, 2.24) is 0 Å². The van der Waals surface area contributed by atoms with Gasteiger partial charge in [-0.1, -0.05) is 0 Å². The summed E-state index contributed by atoms with van der Waals surface area (Å²) in [6.07, 6.45) is -1.63. The zero-order chi connectivity index (χ0) is 11.0. The molecule has 0 heterocycles. The van der Waals surface area contributed by atoms with E-state index in [1.54, 1.807) is 0 Å². The number of carbonyl (C=O) groups is 3. The topological polar surface area (TPSA) is 152 Å². The molecule has 0 aromatic heterocycles. The normalized spacial score (nSPS) is 10.6. The number of carboxylic acid groups (broad SMARTS) is 3. The molecule has 0 aromatic rings. The second-order valence-corrected chi connectivity index (χ2v) is 1.65. The van der Waals surface area contributed by atoms with Crippen LogP contribution in [0.1, 0.15) is 0 Å². The lowest BCUT2D eigenvalue weighted by molar-refractivity contribution is -0.159. The molecule has 0 aliphatic heterocycles. The fraction of sp³-hybridized carbons (Fsp3) is 0.400. The molecule has 1 unspecified atom stereocenters. The molecule has 0 aromatic carbocycles. The molecular weight excluding hydrogens is 188 g/mol. The van der Waals surface area contributed by atoms with Crippen LogP contribution in [0.5, 0.6) is 0 Å². The van der Waals surface area contributed by atoms with Gasteiger partial charge in [0.25, 0.3) is 0 Å². The quantitative estimate of drug-likeness (QED) is 0.306. The van der Waals surface area contributed by atoms with Crippen LogP contribution in [0.2, 0.25) is 0 Å². The Hall–Kier alpha value is -1.67. The van der Waals surface area contributed by atoms with Crippen LogP contribution in [0.3, 0.4) is 0 Å². The number of rotatable bonds is 2. The summed E-state index contributed by atoms with van der Waals surface area (Å²) < 4.78 is 0. The number of hydrogen-bond donors (Lipinski definition) is 5. The summed E-state index contributed by atoms with van der Waals surface area (Å²) in [5.41, 5.74) is 0. The first-order valence-electron chi connectivity index (χ1n) is 2.80. The molecule has 5 N–H and O–H groups in total. The van der Waals surface area contributed by atoms with Gasteiger partial charge in [-0.05, 0) is 0 Å². The number of hydrogen-bond acceptors (Lipinski definition) is 5. The summed E-state index contributed by atoms with van der Waals surface area (Å²) in [7, 11) is 0. The highest BCUT2D eigenvalue weighted by molar-refractivity contribution is 6.27. The number of aliphatic carboxylic acids is 3. The minimum Gasteiger partial charge on any atom is -0.479 e. The van der Waals surface area contributed by atoms with E-state index in [1.807, 2.05) is 0 Å². The second kappa shape index (κ2) is 7.00. The standard InChI is InChI=1S/C3H6O4.C2H2O4/c4-1-2(5)3(6)7;3-1(4)2(5)6/h2,4-5H,1H2,(H,6,7);(H,3,4)(H,5,6). The third-order valence-electron chi connectivity index (χ3n) is 0.641. The molecule has 0 aliphatic carbocycles. The summed E-state index contributed by atoms with van der Waals surface area (Å²) >= 11 is 0. The van der Waals surface area contributed by atoms with Crippen molar-refractivity contribution in [3.05, 3.63) is 0 Å². The zero-order valence-corrected chi connectivity index (χ0v) is 6.25. The Morgan fingerprint density at radius 1 is 1.00 bits per heavy atom. The van der Waals surface area contributed by atoms with Gasteiger partial charge in [-0.3, -0.25) is 0 Å². The van der Waals surface area contributed by atoms with Crippen molar-refractivity contribution < 1.29 is 39.9 Å². The largest absolute Gasteiger partial charge is 0.479 e. The van der Waals surface area contributed by atoms with E-state index in [1.165, 1.54) is 0 Å². The van der Waals surface area contributed by atoms with E-state index in [0.29, 0.717) is 0 Å². The predicted octanol–water partition coefficient (Wildman–Crippen LogP) is -2.42. The van der Waals surface area contributed by atoms with Crippen molar-refractivity contribution >= 4 is 17.9 Å². The van der Waals surface area contributed by atoms with Crippen LogP contribution in [0.25, 0.3) is 0 Å². The van der Waals surface area contributed by atoms with Crippen molar-refractivity contribution in [2.45, 2.75) is 6.10 Å². The number of aliphatic hydroxyl groups excluding tert-OH is 2. The van der Waals surface area contributed by atoms with Gasteiger partial charge in [0.05, 0.1) is 6.61 Å². The molecule has 0 saturated carbocycles. The molecule has 76 valence electrons. The Morgan fingerprint density at radius 2 is 1.31 bits per heavy atom. The van der Waals surface area contributed by atoms with Crippen LogP contribution < -0.4 is 0 Å². The molecule has 0 bridgehead atoms. The number of carboxylic acids is 3. The van der Waals surface area contributed by atoms with Crippen molar-refractivity contribution in [1.29, 1.82) is 0 Å². The summed E-state index contributed by atoms with van der Waals surface area (Å²) in [5.74, 6) is -5.05. The molecule has 13 heavy (non-hydrogen) atoms. The van der Waals surface area contributed by atoms with Crippen molar-refractivity contribution in [2.75, 3.05) is 6.61 Å². The molecule has 0 radical (unpaired) electrons. The van der Waals surface area contributed by atoms with Crippen molar-refractivity contribution in [3.8, 4) is 0 Å². The van der Waals surface area contributed by atoms with E-state index in [9.17, 15) is 4.79 Å². The van der Waals surface area contributed by atoms with Crippen molar-refractivity contribution in [2.24, 2.45) is 0 Å². The summed E-state index contributed by atoms with van der Waals surface area (Å²) in [6.45, 7) is -0.727. The highest BCUT2D eigenvalue weighted by Crippen LogP contribution is 1.75. The van der Waals surface area contributed by atoms with E-state index in [0.717, 1.165) is 0 Å². The zero-order valence-electron chi connectivity index (χ0n) is 6.25. The van der Waals surface area contributed by atoms with E-state index < -0.39 is 30.6 Å². The Labute approximate surface area is 71.7 Å². The Balaban J connectivity index is 0. The highest BCUT2D eigenvalue weighted by Gasteiger charge is 2.08. The number of aliphatic hydroxyl groups is 2. The van der Waals surface area contributed by atoms with Gasteiger partial charge < -0.3 is 25.5 Å². The molecule has 8 heteroatoms. The smallest absolute Gasteiger partial charge is 0.414 e. The van der Waals surface area contributed by atoms with Crippen LogP contribution in [-0.2, 0) is 14.4 Å². The van der Waals surface area contributed by atoms with Crippen molar-refractivity contribution in [3.63, 3.8) is 0 Å². The van der Waals surface area contributed by atoms with Crippen LogP contribution in [0.15, 0.2) is 0 Å². The lowest BCUT2D eigenvalue weighted by Gasteiger charge is -1.95. The minimum atomic E-state index is -1.82. The Bertz CT molecular complexity index is 185. The first-order valence-corrected chi connectivity index (χ1v) is 2.80. The maximum Gasteiger partial charge on any atom is 0.414 e. The first kappa shape index (κ1) is 13.9. The lowest BCUT2D eigenvalue weighted by Crippen LogP contribution is -2.22. The van der Waals surface area contributed by atoms with Crippen LogP contribution in [0, 0.1) is 0 Å². The van der Waals surface area contributed by atoms with Gasteiger partial charge in [0.1, 0.15) is 0 Å². The van der Waals surface area contributed by atoms with Crippen LogP contribution >= 0.6 is 0 Å². The third kappa shape index (κ3) is 10.3. The fourth-order valence-electron chi connectivity index (χ4n) is 0.0781. The average Bonchev–Trinajstić information content (AvgIpc) is 2.03. The fourth-order valence-corrected chi connectivity index (χ4v) is 0.0781. The molecular formula is C5H8O8. The Kier molecular flexibility index (Phi) is 7.48. The molecule has 0 spiro atoms. The molecule has 0 saturated heterocycles. The molecule has 0 fully saturated rings. The molecule has 0 amide bonds. The van der Waals surface area contributed by atoms with E-state index in [2.05, 4.69) is 0 Å². The summed E-state index contributed by atoms with van der Waals surface area (Å²) in [6, 6.07) is 0. The van der Waals surface area contributed by atoms with Gasteiger partial charge in [-0.2, -0.15) is 0 Å². The second-order valence-electron chi connectivity index (χ2n) is 1.65. The summed E-state index contributed by atoms with van der Waals surface area (Å²) in [5, 5.41) is 38.5. The van der Waals surface area contributed by atoms with E-state index in [-0.39, 0.29) is 0 Å². The maximum absolute atomic E-state index is 9.52. The van der Waals surface area contributed by atoms with Crippen LogP contribution in [0.4, 0.5) is 0 Å². The van der Waals surface area contributed by atoms with Gasteiger partial charge in [0.2, 0.25) is 0 Å². The lowest BCUT2D eigenvalue weighted by atomic mass is 10.4. The minimum absolute atomic E-state index is 0.727. The Morgan fingerprint density at radius 3 is 1.31 bits per heavy atom. The predicted molar refractivity (Wildman–Crippen MR) is 36.0 cm³/mol. The van der Waals surface area contributed by atoms with Crippen LogP contribution in [-0.4, -0.2) is 56.2 Å². The summed E-state index contributed by atoms with van der Waals surface area (Å²) in [4.78, 5) is 27.7. The molecule has 0 aliphatic rings.